The number of alkyl halides is 3. The minimum atomic E-state index is -4.99. The number of hydrogen-bond donors (Lipinski definition) is 1. The Morgan fingerprint density at radius 3 is 2.17 bits per heavy atom. The molecule has 0 heterocycles. The fraction of sp³-hybridized carbons (Fsp3) is 0.231. The fourth-order valence-corrected chi connectivity index (χ4v) is 5.01. The lowest BCUT2D eigenvalue weighted by Crippen LogP contribution is -2.42. The fourth-order valence-electron chi connectivity index (χ4n) is 3.58. The number of benzene rings is 3. The predicted octanol–water partition coefficient (Wildman–Crippen LogP) is 4.97. The van der Waals surface area contributed by atoms with Gasteiger partial charge < -0.3 is 10.1 Å². The van der Waals surface area contributed by atoms with Gasteiger partial charge in [0.15, 0.2) is 0 Å². The van der Waals surface area contributed by atoms with Crippen LogP contribution in [0.3, 0.4) is 0 Å². The van der Waals surface area contributed by atoms with Crippen molar-refractivity contribution in [1.29, 1.82) is 0 Å². The van der Waals surface area contributed by atoms with Crippen LogP contribution >= 0.6 is 0 Å². The van der Waals surface area contributed by atoms with Crippen molar-refractivity contribution in [3.05, 3.63) is 83.9 Å². The largest absolute Gasteiger partial charge is 0.471 e. The number of nitrogens with one attached hydrogen (secondary N) is 1. The number of carbonyl (C=O) groups is 2. The topological polar surface area (TPSA) is 89.5 Å². The Bertz CT molecular complexity index is 1340. The number of ether oxygens (including phenoxy) is 1. The lowest BCUT2D eigenvalue weighted by atomic mass is 10.0. The molecule has 36 heavy (non-hydrogen) atoms. The first-order valence-electron chi connectivity index (χ1n) is 11.0. The third-order valence-electron chi connectivity index (χ3n) is 5.28. The van der Waals surface area contributed by atoms with E-state index in [0.29, 0.717) is 11.1 Å². The number of hydrogen-bond acceptors (Lipinski definition) is 5. The molecule has 0 aliphatic carbocycles. The molecule has 3 aromatic carbocycles. The van der Waals surface area contributed by atoms with Crippen molar-refractivity contribution in [1.82, 2.24) is 5.32 Å². The zero-order valence-corrected chi connectivity index (χ0v) is 20.3. The number of esters is 1. The molecule has 190 valence electrons. The summed E-state index contributed by atoms with van der Waals surface area (Å²) in [6.07, 6.45) is -4.93. The van der Waals surface area contributed by atoms with Gasteiger partial charge >= 0.3 is 18.1 Å². The maximum atomic E-state index is 13.4. The van der Waals surface area contributed by atoms with Crippen molar-refractivity contribution < 1.29 is 35.9 Å². The van der Waals surface area contributed by atoms with Crippen LogP contribution < -0.4 is 5.32 Å². The summed E-state index contributed by atoms with van der Waals surface area (Å²) in [5, 5.41) is 1.86. The van der Waals surface area contributed by atoms with Gasteiger partial charge in [0.05, 0.1) is 22.0 Å². The molecule has 0 aliphatic rings. The first-order chi connectivity index (χ1) is 16.9. The van der Waals surface area contributed by atoms with Crippen LogP contribution in [0, 0.1) is 0 Å². The van der Waals surface area contributed by atoms with Crippen molar-refractivity contribution in [2.24, 2.45) is 0 Å². The van der Waals surface area contributed by atoms with Gasteiger partial charge in [0.1, 0.15) is 0 Å². The summed E-state index contributed by atoms with van der Waals surface area (Å²) in [6, 6.07) is 18.2. The zero-order chi connectivity index (χ0) is 26.5. The monoisotopic (exact) mass is 519 g/mol. The summed E-state index contributed by atoms with van der Waals surface area (Å²) < 4.78 is 69.2. The van der Waals surface area contributed by atoms with E-state index in [1.54, 1.807) is 13.0 Å². The van der Waals surface area contributed by atoms with Crippen LogP contribution in [0.4, 0.5) is 13.2 Å². The van der Waals surface area contributed by atoms with Crippen molar-refractivity contribution in [3.8, 4) is 11.1 Å². The smallest absolute Gasteiger partial charge is 0.462 e. The highest BCUT2D eigenvalue weighted by atomic mass is 32.2. The molecular formula is C26H24F3NO5S. The second-order valence-corrected chi connectivity index (χ2v) is 9.94. The van der Waals surface area contributed by atoms with E-state index < -0.39 is 33.9 Å². The van der Waals surface area contributed by atoms with Crippen molar-refractivity contribution in [3.63, 3.8) is 0 Å². The highest BCUT2D eigenvalue weighted by molar-refractivity contribution is 7.91. The van der Waals surface area contributed by atoms with E-state index in [1.807, 2.05) is 35.6 Å². The van der Waals surface area contributed by atoms with E-state index in [4.69, 9.17) is 4.74 Å². The molecule has 6 nitrogen and oxygen atoms in total. The molecule has 1 atom stereocenters. The molecule has 0 aromatic heterocycles. The minimum absolute atomic E-state index is 0.0575. The molecule has 0 aliphatic heterocycles. The van der Waals surface area contributed by atoms with Gasteiger partial charge in [-0.25, -0.2) is 13.2 Å². The maximum absolute atomic E-state index is 13.4. The molecule has 0 radical (unpaired) electrons. The molecule has 0 unspecified atom stereocenters. The number of carbonyl (C=O) groups excluding carboxylic acids is 2. The molecule has 10 heteroatoms. The average Bonchev–Trinajstić information content (AvgIpc) is 2.84. The Kier molecular flexibility index (Phi) is 8.19. The van der Waals surface area contributed by atoms with Crippen LogP contribution in [0.1, 0.15) is 29.8 Å². The van der Waals surface area contributed by atoms with Crippen LogP contribution in [0.5, 0.6) is 0 Å². The van der Waals surface area contributed by atoms with E-state index in [9.17, 15) is 31.2 Å². The molecule has 0 saturated carbocycles. The maximum Gasteiger partial charge on any atom is 0.471 e. The quantitative estimate of drug-likeness (QED) is 0.425. The summed E-state index contributed by atoms with van der Waals surface area (Å²) in [5.74, 6) is -2.82. The molecule has 0 fully saturated rings. The lowest BCUT2D eigenvalue weighted by molar-refractivity contribution is -0.174. The lowest BCUT2D eigenvalue weighted by Gasteiger charge is -2.16. The Balaban J connectivity index is 1.90. The highest BCUT2D eigenvalue weighted by Gasteiger charge is 2.39. The summed E-state index contributed by atoms with van der Waals surface area (Å²) >= 11 is 0. The third kappa shape index (κ3) is 6.31. The van der Waals surface area contributed by atoms with E-state index in [1.165, 1.54) is 43.3 Å². The normalized spacial score (nSPS) is 12.6. The first kappa shape index (κ1) is 26.9. The molecule has 0 bridgehead atoms. The van der Waals surface area contributed by atoms with Crippen LogP contribution in [-0.2, 0) is 25.8 Å². The van der Waals surface area contributed by atoms with Gasteiger partial charge in [-0.2, -0.15) is 13.2 Å². The van der Waals surface area contributed by atoms with Crippen molar-refractivity contribution in [2.45, 2.75) is 42.3 Å². The van der Waals surface area contributed by atoms with Gasteiger partial charge in [0.2, 0.25) is 9.84 Å². The average molecular weight is 520 g/mol. The van der Waals surface area contributed by atoms with Gasteiger partial charge in [-0.15, -0.1) is 0 Å². The first-order valence-corrected chi connectivity index (χ1v) is 12.5. The summed E-state index contributed by atoms with van der Waals surface area (Å²) in [4.78, 5) is 23.4. The number of rotatable bonds is 8. The van der Waals surface area contributed by atoms with Gasteiger partial charge in [-0.3, -0.25) is 4.79 Å². The zero-order valence-electron chi connectivity index (χ0n) is 19.5. The van der Waals surface area contributed by atoms with Gasteiger partial charge in [0, 0.05) is 6.04 Å². The molecular weight excluding hydrogens is 495 g/mol. The summed E-state index contributed by atoms with van der Waals surface area (Å²) in [6.45, 7) is 3.09. The molecule has 1 amide bonds. The minimum Gasteiger partial charge on any atom is -0.462 e. The number of sulfone groups is 1. The van der Waals surface area contributed by atoms with Crippen LogP contribution in [0.2, 0.25) is 0 Å². The van der Waals surface area contributed by atoms with Crippen LogP contribution in [0.15, 0.2) is 82.6 Å². The van der Waals surface area contributed by atoms with E-state index in [2.05, 4.69) is 0 Å². The molecule has 3 aromatic rings. The second-order valence-electron chi connectivity index (χ2n) is 8.02. The highest BCUT2D eigenvalue weighted by Crippen LogP contribution is 2.30. The van der Waals surface area contributed by atoms with Gasteiger partial charge in [-0.1, -0.05) is 48.5 Å². The van der Waals surface area contributed by atoms with Crippen molar-refractivity contribution >= 4 is 21.7 Å². The summed E-state index contributed by atoms with van der Waals surface area (Å²) in [5.41, 5.74) is 1.85. The molecule has 3 rings (SSSR count). The van der Waals surface area contributed by atoms with Gasteiger partial charge in [0.25, 0.3) is 0 Å². The Hall–Kier alpha value is -3.66. The third-order valence-corrected chi connectivity index (χ3v) is 7.11. The second kappa shape index (κ2) is 10.9. The SMILES string of the molecule is CCOC(=O)c1cc(-c2ccccc2)ccc1S(=O)(=O)c1ccc(C[C@@H](C)NC(=O)C(F)(F)F)cc1. The predicted molar refractivity (Wildman–Crippen MR) is 127 cm³/mol. The van der Waals surface area contributed by atoms with Crippen LogP contribution in [0.25, 0.3) is 11.1 Å². The van der Waals surface area contributed by atoms with E-state index >= 15 is 0 Å². The van der Waals surface area contributed by atoms with E-state index in [0.717, 1.165) is 5.56 Å². The standard InChI is InChI=1S/C26H24F3NO5S/c1-3-35-24(31)22-16-20(19-7-5-4-6-8-19)11-14-23(22)36(33,34)21-12-9-18(10-13-21)15-17(2)30-25(32)26(27,28)29/h4-14,16-17H,3,15H2,1-2H3,(H,30,32)/t17-/m1/s1. The Morgan fingerprint density at radius 2 is 1.58 bits per heavy atom. The van der Waals surface area contributed by atoms with Crippen molar-refractivity contribution in [2.75, 3.05) is 6.61 Å². The summed E-state index contributed by atoms with van der Waals surface area (Å²) in [7, 11) is -4.13. The molecule has 0 spiro atoms. The molecule has 1 N–H and O–H groups in total. The van der Waals surface area contributed by atoms with E-state index in [-0.39, 0.29) is 28.4 Å². The molecule has 0 saturated heterocycles. The Labute approximate surface area is 207 Å². The Morgan fingerprint density at radius 1 is 0.944 bits per heavy atom. The number of halogens is 3. The van der Waals surface area contributed by atoms with Crippen LogP contribution in [-0.4, -0.2) is 39.1 Å². The number of amides is 1. The van der Waals surface area contributed by atoms with Gasteiger partial charge in [-0.05, 0) is 61.2 Å².